The van der Waals surface area contributed by atoms with Gasteiger partial charge in [-0.3, -0.25) is 4.79 Å². The topological polar surface area (TPSA) is 46.3 Å². The molecule has 1 aliphatic rings. The van der Waals surface area contributed by atoms with Gasteiger partial charge in [0.1, 0.15) is 0 Å². The Kier molecular flexibility index (Phi) is 3.97. The van der Waals surface area contributed by atoms with Crippen LogP contribution in [0.25, 0.3) is 0 Å². The van der Waals surface area contributed by atoms with E-state index >= 15 is 0 Å². The number of anilines is 1. The lowest BCUT2D eigenvalue weighted by atomic mass is 10.0. The molecule has 1 saturated heterocycles. The average molecular weight is 345 g/mol. The van der Waals surface area contributed by atoms with E-state index in [2.05, 4.69) is 28.1 Å². The van der Waals surface area contributed by atoms with Crippen molar-refractivity contribution in [2.45, 2.75) is 18.9 Å². The van der Waals surface area contributed by atoms with Gasteiger partial charge in [-0.1, -0.05) is 30.3 Å². The first-order chi connectivity index (χ1) is 10.2. The molecule has 108 valence electrons. The predicted octanol–water partition coefficient (Wildman–Crippen LogP) is 4.01. The Morgan fingerprint density at radius 3 is 2.67 bits per heavy atom. The molecule has 1 atom stereocenters. The number of rotatable bonds is 2. The minimum atomic E-state index is 0.0561. The summed E-state index contributed by atoms with van der Waals surface area (Å²) in [5, 5.41) is 0. The van der Waals surface area contributed by atoms with Crippen LogP contribution in [0.1, 0.15) is 34.8 Å². The molecule has 0 radical (unpaired) electrons. The van der Waals surface area contributed by atoms with E-state index in [1.54, 1.807) is 6.07 Å². The molecule has 0 saturated carbocycles. The average Bonchev–Trinajstić information content (AvgIpc) is 2.99. The zero-order valence-corrected chi connectivity index (χ0v) is 13.2. The molecule has 0 bridgehead atoms. The number of benzene rings is 2. The summed E-state index contributed by atoms with van der Waals surface area (Å²) >= 11 is 3.36. The van der Waals surface area contributed by atoms with E-state index in [4.69, 9.17) is 5.73 Å². The van der Waals surface area contributed by atoms with Gasteiger partial charge >= 0.3 is 0 Å². The highest BCUT2D eigenvalue weighted by atomic mass is 79.9. The van der Waals surface area contributed by atoms with Crippen molar-refractivity contribution in [2.24, 2.45) is 0 Å². The summed E-state index contributed by atoms with van der Waals surface area (Å²) in [6, 6.07) is 15.8. The number of hydrogen-bond donors (Lipinski definition) is 1. The summed E-state index contributed by atoms with van der Waals surface area (Å²) in [6.45, 7) is 0.800. The summed E-state index contributed by atoms with van der Waals surface area (Å²) in [6.07, 6.45) is 2.05. The fraction of sp³-hybridized carbons (Fsp3) is 0.235. The Morgan fingerprint density at radius 2 is 1.95 bits per heavy atom. The van der Waals surface area contributed by atoms with Crippen molar-refractivity contribution in [3.05, 3.63) is 64.1 Å². The maximum absolute atomic E-state index is 12.7. The van der Waals surface area contributed by atoms with Gasteiger partial charge < -0.3 is 10.6 Å². The first-order valence-electron chi connectivity index (χ1n) is 7.08. The Hall–Kier alpha value is -1.81. The number of hydrogen-bond acceptors (Lipinski definition) is 2. The number of carbonyl (C=O) groups excluding carboxylic acids is 1. The van der Waals surface area contributed by atoms with E-state index in [9.17, 15) is 4.79 Å². The fourth-order valence-corrected chi connectivity index (χ4v) is 3.12. The fourth-order valence-electron chi connectivity index (χ4n) is 2.87. The van der Waals surface area contributed by atoms with Crippen LogP contribution < -0.4 is 5.73 Å². The normalized spacial score (nSPS) is 18.0. The Bertz CT molecular complexity index is 657. The minimum absolute atomic E-state index is 0.0561. The summed E-state index contributed by atoms with van der Waals surface area (Å²) in [4.78, 5) is 14.7. The van der Waals surface area contributed by atoms with Crippen LogP contribution in [0.5, 0.6) is 0 Å². The van der Waals surface area contributed by atoms with Crippen LogP contribution in [0, 0.1) is 0 Å². The quantitative estimate of drug-likeness (QED) is 0.836. The molecule has 0 aromatic heterocycles. The molecule has 1 unspecified atom stereocenters. The number of nitrogens with two attached hydrogens (primary N) is 1. The van der Waals surface area contributed by atoms with Crippen molar-refractivity contribution in [1.29, 1.82) is 0 Å². The van der Waals surface area contributed by atoms with Crippen LogP contribution >= 0.6 is 15.9 Å². The number of likely N-dealkylation sites (tertiary alicyclic amines) is 1. The van der Waals surface area contributed by atoms with Gasteiger partial charge in [-0.05, 0) is 52.5 Å². The number of amides is 1. The molecule has 0 spiro atoms. The number of nitrogen functional groups attached to an aromatic ring is 1. The van der Waals surface area contributed by atoms with Crippen molar-refractivity contribution in [3.63, 3.8) is 0 Å². The summed E-state index contributed by atoms with van der Waals surface area (Å²) in [5.41, 5.74) is 8.33. The van der Waals surface area contributed by atoms with Crippen LogP contribution in [0.4, 0.5) is 5.69 Å². The molecular weight excluding hydrogens is 328 g/mol. The summed E-state index contributed by atoms with van der Waals surface area (Å²) in [7, 11) is 0. The first kappa shape index (κ1) is 14.1. The van der Waals surface area contributed by atoms with Crippen LogP contribution in [0.3, 0.4) is 0 Å². The van der Waals surface area contributed by atoms with Crippen LogP contribution in [0.2, 0.25) is 0 Å². The number of nitrogens with zero attached hydrogens (tertiary/aromatic N) is 1. The molecular formula is C17H17BrN2O. The smallest absolute Gasteiger partial charge is 0.254 e. The third kappa shape index (κ3) is 2.81. The molecule has 2 N–H and O–H groups in total. The third-order valence-electron chi connectivity index (χ3n) is 3.94. The molecule has 0 aliphatic carbocycles. The van der Waals surface area contributed by atoms with Gasteiger partial charge in [-0.2, -0.15) is 0 Å². The third-order valence-corrected chi connectivity index (χ3v) is 4.66. The van der Waals surface area contributed by atoms with Crippen molar-refractivity contribution in [2.75, 3.05) is 12.3 Å². The van der Waals surface area contributed by atoms with Crippen molar-refractivity contribution >= 4 is 27.5 Å². The predicted molar refractivity (Wildman–Crippen MR) is 88.0 cm³/mol. The Morgan fingerprint density at radius 1 is 1.19 bits per heavy atom. The Labute approximate surface area is 132 Å². The lowest BCUT2D eigenvalue weighted by Crippen LogP contribution is -2.30. The maximum Gasteiger partial charge on any atom is 0.254 e. The molecule has 1 amide bonds. The lowest BCUT2D eigenvalue weighted by Gasteiger charge is -2.25. The highest BCUT2D eigenvalue weighted by Crippen LogP contribution is 2.33. The van der Waals surface area contributed by atoms with Crippen LogP contribution in [-0.4, -0.2) is 17.4 Å². The van der Waals surface area contributed by atoms with Crippen LogP contribution in [-0.2, 0) is 0 Å². The minimum Gasteiger partial charge on any atom is -0.398 e. The number of halogens is 1. The zero-order chi connectivity index (χ0) is 14.8. The van der Waals surface area contributed by atoms with Gasteiger partial charge in [0.2, 0.25) is 0 Å². The van der Waals surface area contributed by atoms with E-state index in [0.29, 0.717) is 11.3 Å². The van der Waals surface area contributed by atoms with Crippen molar-refractivity contribution in [3.8, 4) is 0 Å². The SMILES string of the molecule is Nc1cc(C(=O)N2CCCC2c2ccccc2)ccc1Br. The van der Waals surface area contributed by atoms with Gasteiger partial charge in [-0.25, -0.2) is 0 Å². The summed E-state index contributed by atoms with van der Waals surface area (Å²) < 4.78 is 0.820. The molecule has 2 aromatic carbocycles. The Balaban J connectivity index is 1.88. The van der Waals surface area contributed by atoms with Gasteiger partial charge in [0, 0.05) is 22.3 Å². The standard InChI is InChI=1S/C17H17BrN2O/c18-14-9-8-13(11-15(14)19)17(21)20-10-4-7-16(20)12-5-2-1-3-6-12/h1-3,5-6,8-9,11,16H,4,7,10,19H2. The highest BCUT2D eigenvalue weighted by Gasteiger charge is 2.30. The van der Waals surface area contributed by atoms with Gasteiger partial charge in [0.05, 0.1) is 6.04 Å². The van der Waals surface area contributed by atoms with Gasteiger partial charge in [0.25, 0.3) is 5.91 Å². The second-order valence-electron chi connectivity index (χ2n) is 5.30. The number of carbonyl (C=O) groups is 1. The molecule has 3 rings (SSSR count). The molecule has 2 aromatic rings. The van der Waals surface area contributed by atoms with E-state index in [1.807, 2.05) is 35.2 Å². The molecule has 1 fully saturated rings. The highest BCUT2D eigenvalue weighted by molar-refractivity contribution is 9.10. The van der Waals surface area contributed by atoms with E-state index in [-0.39, 0.29) is 11.9 Å². The molecule has 3 nitrogen and oxygen atoms in total. The van der Waals surface area contributed by atoms with Crippen molar-refractivity contribution < 1.29 is 4.79 Å². The molecule has 1 heterocycles. The van der Waals surface area contributed by atoms with E-state index < -0.39 is 0 Å². The summed E-state index contributed by atoms with van der Waals surface area (Å²) in [5.74, 6) is 0.0561. The first-order valence-corrected chi connectivity index (χ1v) is 7.87. The van der Waals surface area contributed by atoms with E-state index in [0.717, 1.165) is 23.9 Å². The van der Waals surface area contributed by atoms with Gasteiger partial charge in [0.15, 0.2) is 0 Å². The van der Waals surface area contributed by atoms with Gasteiger partial charge in [-0.15, -0.1) is 0 Å². The largest absolute Gasteiger partial charge is 0.398 e. The van der Waals surface area contributed by atoms with Crippen LogP contribution in [0.15, 0.2) is 53.0 Å². The van der Waals surface area contributed by atoms with Crippen molar-refractivity contribution in [1.82, 2.24) is 4.90 Å². The molecule has 1 aliphatic heterocycles. The lowest BCUT2D eigenvalue weighted by molar-refractivity contribution is 0.0735. The molecule has 4 heteroatoms. The molecule has 21 heavy (non-hydrogen) atoms. The second kappa shape index (κ2) is 5.90. The second-order valence-corrected chi connectivity index (χ2v) is 6.16. The maximum atomic E-state index is 12.7. The zero-order valence-electron chi connectivity index (χ0n) is 11.6. The van der Waals surface area contributed by atoms with E-state index in [1.165, 1.54) is 5.56 Å². The monoisotopic (exact) mass is 344 g/mol.